The number of ether oxygens (including phenoxy) is 5. The van der Waals surface area contributed by atoms with Gasteiger partial charge < -0.3 is 28.8 Å². The van der Waals surface area contributed by atoms with E-state index in [9.17, 15) is 14.5 Å². The molecule has 0 radical (unpaired) electrons. The third kappa shape index (κ3) is 6.15. The molecule has 266 valence electrons. The van der Waals surface area contributed by atoms with Gasteiger partial charge in [0.15, 0.2) is 29.0 Å². The van der Waals surface area contributed by atoms with Crippen molar-refractivity contribution in [3.8, 4) is 0 Å². The number of anilines is 2. The number of imidazole rings is 1. The van der Waals surface area contributed by atoms with E-state index in [1.54, 1.807) is 23.0 Å². The van der Waals surface area contributed by atoms with Crippen molar-refractivity contribution >= 4 is 30.2 Å². The summed E-state index contributed by atoms with van der Waals surface area (Å²) in [6, 6.07) is 17.9. The van der Waals surface area contributed by atoms with Crippen molar-refractivity contribution < 1.29 is 37.9 Å². The molecule has 15 nitrogen and oxygen atoms in total. The summed E-state index contributed by atoms with van der Waals surface area (Å²) in [5.41, 5.74) is 1.38. The number of benzene rings is 2. The van der Waals surface area contributed by atoms with Gasteiger partial charge in [-0.3, -0.25) is 28.6 Å². The maximum atomic E-state index is 14.3. The summed E-state index contributed by atoms with van der Waals surface area (Å²) < 4.78 is 54.7. The minimum Gasteiger partial charge on any atom is -0.394 e. The molecule has 4 aromatic rings. The van der Waals surface area contributed by atoms with Crippen LogP contribution in [0, 0.1) is 5.92 Å². The van der Waals surface area contributed by atoms with Crippen LogP contribution in [0.15, 0.2) is 78.1 Å². The average Bonchev–Trinajstić information content (AvgIpc) is 3.87. The number of nitrogens with one attached hydrogen (secondary N) is 2. The lowest BCUT2D eigenvalue weighted by Gasteiger charge is -2.26. The van der Waals surface area contributed by atoms with Gasteiger partial charge in [-0.05, 0) is 58.4 Å². The first-order valence-corrected chi connectivity index (χ1v) is 18.4. The molecule has 1 saturated carbocycles. The van der Waals surface area contributed by atoms with Crippen molar-refractivity contribution in [2.45, 2.75) is 88.5 Å². The van der Waals surface area contributed by atoms with E-state index in [1.165, 1.54) is 12.7 Å². The molecule has 16 heteroatoms. The summed E-state index contributed by atoms with van der Waals surface area (Å²) >= 11 is 0. The highest BCUT2D eigenvalue weighted by atomic mass is 31.2. The van der Waals surface area contributed by atoms with Crippen LogP contribution in [-0.4, -0.2) is 79.5 Å². The van der Waals surface area contributed by atoms with Gasteiger partial charge in [-0.25, -0.2) is 14.5 Å². The standard InChI is InChI=1S/C34H41N6O9P/c1-33(2)46-26-20(17-44-50(43,37-21-11-7-5-8-12-21)38-22-13-9-6-10-14-22)15-23(27(26)47-33)39-19-36-30-25(31(39)42)35-18-40(30)32-29-28(24(16-41)45-32)48-34(3,4)49-29/h5-14,18-20,23-24,26-29,32,41H,15-17H2,1-4H3,(H2,37,38,43)/t20-,23-,24-,26-,27+,28-,29-,32-/m1/s1. The fraction of sp³-hybridized carbons (Fsp3) is 0.500. The Hall–Kier alpha value is -3.66. The quantitative estimate of drug-likeness (QED) is 0.198. The van der Waals surface area contributed by atoms with Gasteiger partial charge in [-0.15, -0.1) is 0 Å². The van der Waals surface area contributed by atoms with Crippen molar-refractivity contribution in [1.82, 2.24) is 19.1 Å². The van der Waals surface area contributed by atoms with E-state index in [-0.39, 0.29) is 30.2 Å². The highest BCUT2D eigenvalue weighted by Gasteiger charge is 2.57. The molecule has 8 atom stereocenters. The highest BCUT2D eigenvalue weighted by Crippen LogP contribution is 2.51. The predicted molar refractivity (Wildman–Crippen MR) is 181 cm³/mol. The lowest BCUT2D eigenvalue weighted by molar-refractivity contribution is -0.199. The van der Waals surface area contributed by atoms with E-state index in [0.29, 0.717) is 23.4 Å². The van der Waals surface area contributed by atoms with Crippen LogP contribution < -0.4 is 15.7 Å². The molecule has 3 aliphatic heterocycles. The molecule has 1 aliphatic carbocycles. The van der Waals surface area contributed by atoms with Gasteiger partial charge in [-0.1, -0.05) is 36.4 Å². The van der Waals surface area contributed by atoms with E-state index in [0.717, 1.165) is 0 Å². The molecule has 3 saturated heterocycles. The van der Waals surface area contributed by atoms with Gasteiger partial charge in [0.2, 0.25) is 0 Å². The number of aromatic nitrogens is 4. The Morgan fingerprint density at radius 3 is 2.06 bits per heavy atom. The minimum atomic E-state index is -3.69. The number of nitrogens with zero attached hydrogens (tertiary/aromatic N) is 4. The maximum Gasteiger partial charge on any atom is 0.391 e. The molecule has 2 aromatic heterocycles. The lowest BCUT2D eigenvalue weighted by Crippen LogP contribution is -2.34. The van der Waals surface area contributed by atoms with E-state index < -0.39 is 62.0 Å². The van der Waals surface area contributed by atoms with Crippen molar-refractivity contribution in [2.75, 3.05) is 23.4 Å². The fourth-order valence-corrected chi connectivity index (χ4v) is 9.09. The van der Waals surface area contributed by atoms with Crippen LogP contribution in [-0.2, 0) is 32.8 Å². The smallest absolute Gasteiger partial charge is 0.391 e. The van der Waals surface area contributed by atoms with Crippen LogP contribution in [0.5, 0.6) is 0 Å². The largest absolute Gasteiger partial charge is 0.394 e. The van der Waals surface area contributed by atoms with Gasteiger partial charge >= 0.3 is 7.67 Å². The first-order valence-electron chi connectivity index (χ1n) is 16.8. The summed E-state index contributed by atoms with van der Waals surface area (Å²) in [5, 5.41) is 16.1. The number of aliphatic hydroxyl groups is 1. The van der Waals surface area contributed by atoms with Crippen LogP contribution in [0.2, 0.25) is 0 Å². The molecule has 0 amide bonds. The number of fused-ring (bicyclic) bond motifs is 3. The zero-order valence-electron chi connectivity index (χ0n) is 28.1. The second kappa shape index (κ2) is 12.5. The number of aliphatic hydroxyl groups excluding tert-OH is 1. The lowest BCUT2D eigenvalue weighted by atomic mass is 10.1. The number of hydrogen-bond donors (Lipinski definition) is 3. The van der Waals surface area contributed by atoms with Crippen molar-refractivity contribution in [3.05, 3.63) is 83.7 Å². The summed E-state index contributed by atoms with van der Waals surface area (Å²) in [6.07, 6.45) is 0.145. The SMILES string of the molecule is CC1(C)O[C@@H]2[C@@H](COP(=O)(Nc3ccccc3)Nc3ccccc3)C[C@@H](n3cnc4c(ncn4[C@@H]4O[C@H](CO)[C@H]5OC(C)(C)O[C@H]54)c3=O)[C@@H]2O1. The van der Waals surface area contributed by atoms with E-state index >= 15 is 0 Å². The first-order chi connectivity index (χ1) is 23.9. The molecule has 4 aliphatic rings. The summed E-state index contributed by atoms with van der Waals surface area (Å²) in [6.45, 7) is 7.07. The number of para-hydroxylation sites is 2. The molecule has 0 unspecified atom stereocenters. The molecular formula is C34H41N6O9P. The second-order valence-electron chi connectivity index (χ2n) is 14.0. The molecule has 0 bridgehead atoms. The minimum absolute atomic E-state index is 0.0547. The molecule has 3 N–H and O–H groups in total. The number of rotatable bonds is 10. The summed E-state index contributed by atoms with van der Waals surface area (Å²) in [7, 11) is -3.69. The van der Waals surface area contributed by atoms with Gasteiger partial charge in [0, 0.05) is 17.3 Å². The Morgan fingerprint density at radius 2 is 1.42 bits per heavy atom. The van der Waals surface area contributed by atoms with Crippen molar-refractivity contribution in [2.24, 2.45) is 5.92 Å². The third-order valence-electron chi connectivity index (χ3n) is 9.57. The van der Waals surface area contributed by atoms with Gasteiger partial charge in [0.25, 0.3) is 5.56 Å². The zero-order valence-corrected chi connectivity index (χ0v) is 29.0. The van der Waals surface area contributed by atoms with Crippen molar-refractivity contribution in [1.29, 1.82) is 0 Å². The molecule has 8 rings (SSSR count). The van der Waals surface area contributed by atoms with Crippen LogP contribution in [0.25, 0.3) is 11.2 Å². The van der Waals surface area contributed by atoms with Gasteiger partial charge in [0.1, 0.15) is 30.7 Å². The normalized spacial score (nSPS) is 31.1. The monoisotopic (exact) mass is 708 g/mol. The maximum absolute atomic E-state index is 14.3. The molecule has 4 fully saturated rings. The third-order valence-corrected chi connectivity index (χ3v) is 11.2. The van der Waals surface area contributed by atoms with Gasteiger partial charge in [-0.2, -0.15) is 0 Å². The van der Waals surface area contributed by atoms with Crippen LogP contribution >= 0.6 is 7.67 Å². The summed E-state index contributed by atoms with van der Waals surface area (Å²) in [5.74, 6) is -2.06. The van der Waals surface area contributed by atoms with E-state index in [2.05, 4.69) is 20.1 Å². The molecule has 2 aromatic carbocycles. The van der Waals surface area contributed by atoms with Crippen LogP contribution in [0.1, 0.15) is 46.4 Å². The van der Waals surface area contributed by atoms with Crippen LogP contribution in [0.4, 0.5) is 11.4 Å². The van der Waals surface area contributed by atoms with E-state index in [1.807, 2.05) is 74.5 Å². The summed E-state index contributed by atoms with van der Waals surface area (Å²) in [4.78, 5) is 23.2. The van der Waals surface area contributed by atoms with E-state index in [4.69, 9.17) is 28.2 Å². The Labute approximate surface area is 288 Å². The molecular weight excluding hydrogens is 667 g/mol. The Kier molecular flexibility index (Phi) is 8.39. The fourth-order valence-electron chi connectivity index (χ4n) is 7.53. The zero-order chi connectivity index (χ0) is 34.8. The molecule has 0 spiro atoms. The van der Waals surface area contributed by atoms with Crippen LogP contribution in [0.3, 0.4) is 0 Å². The molecule has 50 heavy (non-hydrogen) atoms. The number of hydrogen-bond acceptors (Lipinski definition) is 11. The Balaban J connectivity index is 1.06. The average molecular weight is 709 g/mol. The Bertz CT molecular complexity index is 1910. The Morgan fingerprint density at radius 1 is 0.840 bits per heavy atom. The molecule has 5 heterocycles. The highest BCUT2D eigenvalue weighted by molar-refractivity contribution is 7.62. The first kappa shape index (κ1) is 33.5. The second-order valence-corrected chi connectivity index (χ2v) is 15.8. The van der Waals surface area contributed by atoms with Gasteiger partial charge in [0.05, 0.1) is 31.7 Å². The predicted octanol–water partition coefficient (Wildman–Crippen LogP) is 4.43. The topological polar surface area (TPSA) is 169 Å². The van der Waals surface area contributed by atoms with Crippen molar-refractivity contribution in [3.63, 3.8) is 0 Å².